The molecule has 0 fully saturated rings. The Bertz CT molecular complexity index is 298. The summed E-state index contributed by atoms with van der Waals surface area (Å²) in [6.07, 6.45) is 0. The summed E-state index contributed by atoms with van der Waals surface area (Å²) in [7, 11) is 0. The zero-order valence-electron chi connectivity index (χ0n) is 5.87. The summed E-state index contributed by atoms with van der Waals surface area (Å²) in [6.45, 7) is 1.91. The van der Waals surface area contributed by atoms with Gasteiger partial charge in [-0.15, -0.1) is 0 Å². The normalized spacial score (nSPS) is 9.64. The lowest BCUT2D eigenvalue weighted by atomic mass is 10.2. The highest BCUT2D eigenvalue weighted by atomic mass is 127. The van der Waals surface area contributed by atoms with Gasteiger partial charge in [-0.25, -0.2) is 0 Å². The van der Waals surface area contributed by atoms with Gasteiger partial charge >= 0.3 is 0 Å². The first-order valence-corrected chi connectivity index (χ1v) is 4.09. The van der Waals surface area contributed by atoms with Gasteiger partial charge in [0.1, 0.15) is 0 Å². The van der Waals surface area contributed by atoms with Crippen molar-refractivity contribution < 1.29 is 4.92 Å². The van der Waals surface area contributed by atoms with Crippen LogP contribution in [0.5, 0.6) is 0 Å². The molecule has 0 saturated heterocycles. The van der Waals surface area contributed by atoms with Crippen molar-refractivity contribution in [3.63, 3.8) is 0 Å². The second-order valence-corrected chi connectivity index (χ2v) is 3.37. The van der Waals surface area contributed by atoms with Gasteiger partial charge in [0.05, 0.1) is 8.49 Å². The maximum Gasteiger partial charge on any atom is 0.282 e. The minimum atomic E-state index is -0.374. The Morgan fingerprint density at radius 3 is 2.64 bits per heavy atom. The van der Waals surface area contributed by atoms with E-state index in [4.69, 9.17) is 0 Å². The second-order valence-electron chi connectivity index (χ2n) is 2.21. The topological polar surface area (TPSA) is 43.1 Å². The molecule has 0 amide bonds. The molecule has 0 aliphatic rings. The maximum absolute atomic E-state index is 10.3. The predicted molar refractivity (Wildman–Crippen MR) is 50.6 cm³/mol. The van der Waals surface area contributed by atoms with Gasteiger partial charge < -0.3 is 0 Å². The Labute approximate surface area is 77.7 Å². The van der Waals surface area contributed by atoms with Gasteiger partial charge in [-0.1, -0.05) is 6.07 Å². The molecule has 4 heteroatoms. The fourth-order valence-electron chi connectivity index (χ4n) is 0.760. The third kappa shape index (κ3) is 1.89. The molecule has 0 saturated carbocycles. The van der Waals surface area contributed by atoms with Gasteiger partial charge in [0.2, 0.25) is 0 Å². The van der Waals surface area contributed by atoms with E-state index in [1.165, 1.54) is 6.07 Å². The quantitative estimate of drug-likeness (QED) is 0.444. The highest BCUT2D eigenvalue weighted by molar-refractivity contribution is 14.1. The second kappa shape index (κ2) is 3.17. The number of nitrogens with zero attached hydrogens (tertiary/aromatic N) is 1. The van der Waals surface area contributed by atoms with Crippen LogP contribution in [0.1, 0.15) is 5.56 Å². The van der Waals surface area contributed by atoms with Gasteiger partial charge in [-0.3, -0.25) is 10.1 Å². The van der Waals surface area contributed by atoms with Crippen LogP contribution in [-0.4, -0.2) is 4.92 Å². The van der Waals surface area contributed by atoms with Crippen LogP contribution in [0.25, 0.3) is 0 Å². The van der Waals surface area contributed by atoms with Crippen LogP contribution in [0.4, 0.5) is 5.69 Å². The van der Waals surface area contributed by atoms with E-state index < -0.39 is 0 Å². The zero-order valence-corrected chi connectivity index (χ0v) is 8.03. The van der Waals surface area contributed by atoms with Crippen LogP contribution in [0.15, 0.2) is 18.2 Å². The summed E-state index contributed by atoms with van der Waals surface area (Å²) in [5, 5.41) is 10.3. The van der Waals surface area contributed by atoms with Gasteiger partial charge in [0.25, 0.3) is 5.69 Å². The highest BCUT2D eigenvalue weighted by Crippen LogP contribution is 2.20. The number of rotatable bonds is 1. The summed E-state index contributed by atoms with van der Waals surface area (Å²) in [6, 6.07) is 5.05. The molecule has 1 aromatic rings. The molecule has 1 aromatic carbocycles. The van der Waals surface area contributed by atoms with Crippen LogP contribution < -0.4 is 0 Å². The van der Waals surface area contributed by atoms with Crippen molar-refractivity contribution in [3.05, 3.63) is 37.4 Å². The Kier molecular flexibility index (Phi) is 2.43. The lowest BCUT2D eigenvalue weighted by molar-refractivity contribution is -0.385. The fourth-order valence-corrected chi connectivity index (χ4v) is 1.63. The molecule has 0 aliphatic heterocycles. The van der Waals surface area contributed by atoms with E-state index in [2.05, 4.69) is 0 Å². The van der Waals surface area contributed by atoms with Gasteiger partial charge in [-0.05, 0) is 41.1 Å². The van der Waals surface area contributed by atoms with Gasteiger partial charge in [-0.2, -0.15) is 0 Å². The minimum absolute atomic E-state index is 0.177. The van der Waals surface area contributed by atoms with Crippen molar-refractivity contribution in [3.8, 4) is 0 Å². The summed E-state index contributed by atoms with van der Waals surface area (Å²) >= 11 is 1.96. The molecule has 0 bridgehead atoms. The smallest absolute Gasteiger partial charge is 0.258 e. The Morgan fingerprint density at radius 1 is 1.55 bits per heavy atom. The summed E-state index contributed by atoms with van der Waals surface area (Å²) < 4.78 is 0.688. The molecular weight excluding hydrogens is 257 g/mol. The van der Waals surface area contributed by atoms with Crippen molar-refractivity contribution in [2.24, 2.45) is 0 Å². The lowest BCUT2D eigenvalue weighted by Crippen LogP contribution is -1.90. The molecule has 0 radical (unpaired) electrons. The molecule has 0 heterocycles. The van der Waals surface area contributed by atoms with Crippen molar-refractivity contribution in [1.82, 2.24) is 0 Å². The molecule has 11 heavy (non-hydrogen) atoms. The Morgan fingerprint density at radius 2 is 2.18 bits per heavy atom. The van der Waals surface area contributed by atoms with Crippen LogP contribution >= 0.6 is 22.6 Å². The lowest BCUT2D eigenvalue weighted by Gasteiger charge is -1.95. The molecular formula is C7H6INO2. The molecule has 0 spiro atoms. The third-order valence-electron chi connectivity index (χ3n) is 1.30. The molecule has 0 aromatic heterocycles. The first-order valence-electron chi connectivity index (χ1n) is 3.02. The van der Waals surface area contributed by atoms with Crippen LogP contribution in [0.2, 0.25) is 0 Å². The number of benzene rings is 1. The van der Waals surface area contributed by atoms with E-state index >= 15 is 0 Å². The van der Waals surface area contributed by atoms with Crippen molar-refractivity contribution >= 4 is 28.3 Å². The molecule has 0 N–H and O–H groups in total. The monoisotopic (exact) mass is 263 g/mol. The van der Waals surface area contributed by atoms with Gasteiger partial charge in [0, 0.05) is 6.07 Å². The van der Waals surface area contributed by atoms with Crippen molar-refractivity contribution in [2.75, 3.05) is 0 Å². The van der Waals surface area contributed by atoms with E-state index in [1.54, 1.807) is 12.1 Å². The summed E-state index contributed by atoms with van der Waals surface area (Å²) in [5.41, 5.74) is 1.22. The van der Waals surface area contributed by atoms with E-state index in [1.807, 2.05) is 29.5 Å². The number of aryl methyl sites for hydroxylation is 1. The molecule has 0 aliphatic carbocycles. The predicted octanol–water partition coefficient (Wildman–Crippen LogP) is 2.51. The average Bonchev–Trinajstić information content (AvgIpc) is 1.85. The number of halogens is 1. The number of nitro benzene ring substituents is 1. The third-order valence-corrected chi connectivity index (χ3v) is 2.16. The molecule has 58 valence electrons. The zero-order chi connectivity index (χ0) is 8.43. The first-order chi connectivity index (χ1) is 5.11. The largest absolute Gasteiger partial charge is 0.282 e. The van der Waals surface area contributed by atoms with E-state index in [9.17, 15) is 10.1 Å². The SMILES string of the molecule is Cc1ccc([N+](=O)[O-])c(I)c1. The molecule has 0 atom stereocenters. The van der Waals surface area contributed by atoms with E-state index in [0.717, 1.165) is 5.56 Å². The summed E-state index contributed by atoms with van der Waals surface area (Å²) in [4.78, 5) is 9.96. The van der Waals surface area contributed by atoms with E-state index in [-0.39, 0.29) is 10.6 Å². The molecule has 0 unspecified atom stereocenters. The Balaban J connectivity index is 3.20. The number of nitro groups is 1. The van der Waals surface area contributed by atoms with Crippen LogP contribution in [0, 0.1) is 20.6 Å². The number of hydrogen-bond donors (Lipinski definition) is 0. The summed E-state index contributed by atoms with van der Waals surface area (Å²) in [5.74, 6) is 0. The van der Waals surface area contributed by atoms with Crippen molar-refractivity contribution in [2.45, 2.75) is 6.92 Å². The first kappa shape index (κ1) is 8.45. The van der Waals surface area contributed by atoms with Crippen molar-refractivity contribution in [1.29, 1.82) is 0 Å². The molecule has 3 nitrogen and oxygen atoms in total. The minimum Gasteiger partial charge on any atom is -0.258 e. The van der Waals surface area contributed by atoms with Crippen LogP contribution in [0.3, 0.4) is 0 Å². The Hall–Kier alpha value is -0.650. The van der Waals surface area contributed by atoms with E-state index in [0.29, 0.717) is 3.57 Å². The van der Waals surface area contributed by atoms with Crippen LogP contribution in [-0.2, 0) is 0 Å². The number of hydrogen-bond acceptors (Lipinski definition) is 2. The molecule has 1 rings (SSSR count). The highest BCUT2D eigenvalue weighted by Gasteiger charge is 2.09. The maximum atomic E-state index is 10.3. The average molecular weight is 263 g/mol. The fraction of sp³-hybridized carbons (Fsp3) is 0.143. The van der Waals surface area contributed by atoms with Gasteiger partial charge in [0.15, 0.2) is 0 Å². The standard InChI is InChI=1S/C7H6INO2/c1-5-2-3-7(9(10)11)6(8)4-5/h2-4H,1H3.